The van der Waals surface area contributed by atoms with Crippen LogP contribution in [0.4, 0.5) is 10.6 Å². The molecule has 0 aromatic carbocycles. The van der Waals surface area contributed by atoms with Gasteiger partial charge >= 0.3 is 6.03 Å². The number of urea groups is 1. The van der Waals surface area contributed by atoms with E-state index in [9.17, 15) is 9.59 Å². The van der Waals surface area contributed by atoms with Gasteiger partial charge in [-0.3, -0.25) is 9.48 Å². The lowest BCUT2D eigenvalue weighted by Crippen LogP contribution is -2.49. The fourth-order valence-corrected chi connectivity index (χ4v) is 3.10. The Kier molecular flexibility index (Phi) is 5.75. The first-order valence-electron chi connectivity index (χ1n) is 8.98. The molecule has 7 heteroatoms. The quantitative estimate of drug-likeness (QED) is 0.877. The standard InChI is InChI=1S/C18H31N5O2/c1-12(2)19-17(25)23-9-7-8-14(23)16(24)20-15-10-13(21-22(15)6)11-18(3,4)5/h10,12,14H,7-9,11H2,1-6H3,(H,19,25)(H,20,24)/t14-/m0/s1. The summed E-state index contributed by atoms with van der Waals surface area (Å²) in [5, 5.41) is 10.3. The van der Waals surface area contributed by atoms with E-state index in [2.05, 4.69) is 36.5 Å². The molecule has 0 unspecified atom stereocenters. The summed E-state index contributed by atoms with van der Waals surface area (Å²) in [5.74, 6) is 0.516. The molecule has 2 N–H and O–H groups in total. The lowest BCUT2D eigenvalue weighted by Gasteiger charge is -2.25. The van der Waals surface area contributed by atoms with E-state index in [1.165, 1.54) is 0 Å². The Hall–Kier alpha value is -2.05. The molecule has 7 nitrogen and oxygen atoms in total. The first-order valence-corrected chi connectivity index (χ1v) is 8.98. The molecule has 1 atom stereocenters. The van der Waals surface area contributed by atoms with E-state index in [1.807, 2.05) is 27.0 Å². The van der Waals surface area contributed by atoms with Crippen molar-refractivity contribution in [2.24, 2.45) is 12.5 Å². The molecule has 0 bridgehead atoms. The summed E-state index contributed by atoms with van der Waals surface area (Å²) in [5.41, 5.74) is 1.08. The zero-order valence-corrected chi connectivity index (χ0v) is 16.2. The number of carbonyl (C=O) groups excluding carboxylic acids is 2. The van der Waals surface area contributed by atoms with Crippen molar-refractivity contribution in [2.45, 2.75) is 66.0 Å². The Morgan fingerprint density at radius 3 is 2.64 bits per heavy atom. The number of anilines is 1. The van der Waals surface area contributed by atoms with E-state index < -0.39 is 6.04 Å². The van der Waals surface area contributed by atoms with Crippen molar-refractivity contribution < 1.29 is 9.59 Å². The van der Waals surface area contributed by atoms with E-state index in [0.29, 0.717) is 18.8 Å². The van der Waals surface area contributed by atoms with Crippen LogP contribution < -0.4 is 10.6 Å². The minimum absolute atomic E-state index is 0.0499. The van der Waals surface area contributed by atoms with Crippen molar-refractivity contribution in [3.05, 3.63) is 11.8 Å². The molecule has 1 saturated heterocycles. The highest BCUT2D eigenvalue weighted by Crippen LogP contribution is 2.23. The molecule has 0 aliphatic carbocycles. The molecule has 0 spiro atoms. The van der Waals surface area contributed by atoms with Gasteiger partial charge in [0.25, 0.3) is 0 Å². The average molecular weight is 349 g/mol. The molecular weight excluding hydrogens is 318 g/mol. The van der Waals surface area contributed by atoms with Crippen LogP contribution in [0.1, 0.15) is 53.2 Å². The topological polar surface area (TPSA) is 79.3 Å². The molecule has 2 heterocycles. The van der Waals surface area contributed by atoms with Gasteiger partial charge in [-0.25, -0.2) is 4.79 Å². The van der Waals surface area contributed by atoms with Gasteiger partial charge in [0.05, 0.1) is 5.69 Å². The van der Waals surface area contributed by atoms with Crippen molar-refractivity contribution in [3.63, 3.8) is 0 Å². The number of hydrogen-bond acceptors (Lipinski definition) is 3. The summed E-state index contributed by atoms with van der Waals surface area (Å²) in [6.45, 7) is 10.9. The Morgan fingerprint density at radius 2 is 2.04 bits per heavy atom. The molecule has 2 rings (SSSR count). The number of nitrogens with zero attached hydrogens (tertiary/aromatic N) is 3. The predicted octanol–water partition coefficient (Wildman–Crippen LogP) is 2.53. The van der Waals surface area contributed by atoms with Crippen LogP contribution in [0.5, 0.6) is 0 Å². The zero-order valence-electron chi connectivity index (χ0n) is 16.2. The van der Waals surface area contributed by atoms with Crippen molar-refractivity contribution in [1.29, 1.82) is 0 Å². The van der Waals surface area contributed by atoms with E-state index in [-0.39, 0.29) is 23.4 Å². The normalized spacial score (nSPS) is 17.9. The van der Waals surface area contributed by atoms with Gasteiger partial charge in [0.2, 0.25) is 5.91 Å². The Morgan fingerprint density at radius 1 is 1.36 bits per heavy atom. The van der Waals surface area contributed by atoms with Crippen LogP contribution >= 0.6 is 0 Å². The van der Waals surface area contributed by atoms with Crippen molar-refractivity contribution >= 4 is 17.8 Å². The van der Waals surface area contributed by atoms with E-state index in [1.54, 1.807) is 9.58 Å². The van der Waals surface area contributed by atoms with Crippen LogP contribution in [0.2, 0.25) is 0 Å². The number of nitrogens with one attached hydrogen (secondary N) is 2. The predicted molar refractivity (Wildman–Crippen MR) is 98.4 cm³/mol. The van der Waals surface area contributed by atoms with Crippen LogP contribution in [-0.2, 0) is 18.3 Å². The molecule has 0 saturated carbocycles. The first-order chi connectivity index (χ1) is 11.6. The van der Waals surface area contributed by atoms with Crippen molar-refractivity contribution in [2.75, 3.05) is 11.9 Å². The molecule has 1 aromatic rings. The van der Waals surface area contributed by atoms with Gasteiger partial charge in [-0.05, 0) is 38.5 Å². The summed E-state index contributed by atoms with van der Waals surface area (Å²) in [6.07, 6.45) is 2.36. The number of amides is 3. The molecule has 1 aliphatic heterocycles. The number of carbonyl (C=O) groups is 2. The van der Waals surface area contributed by atoms with E-state index >= 15 is 0 Å². The molecule has 140 valence electrons. The maximum atomic E-state index is 12.7. The van der Waals surface area contributed by atoms with E-state index in [0.717, 1.165) is 18.5 Å². The number of aromatic nitrogens is 2. The van der Waals surface area contributed by atoms with E-state index in [4.69, 9.17) is 0 Å². The summed E-state index contributed by atoms with van der Waals surface area (Å²) >= 11 is 0. The third kappa shape index (κ3) is 5.21. The second-order valence-corrected chi connectivity index (χ2v) is 8.33. The third-order valence-corrected chi connectivity index (χ3v) is 4.12. The molecule has 3 amide bonds. The molecule has 25 heavy (non-hydrogen) atoms. The Bertz CT molecular complexity index is 630. The first kappa shape index (κ1) is 19.3. The summed E-state index contributed by atoms with van der Waals surface area (Å²) in [6, 6.07) is 1.36. The summed E-state index contributed by atoms with van der Waals surface area (Å²) < 4.78 is 1.69. The molecular formula is C18H31N5O2. The highest BCUT2D eigenvalue weighted by atomic mass is 16.2. The third-order valence-electron chi connectivity index (χ3n) is 4.12. The Balaban J connectivity index is 2.05. The minimum atomic E-state index is -0.431. The van der Waals surface area contributed by atoms with Gasteiger partial charge in [-0.1, -0.05) is 20.8 Å². The highest BCUT2D eigenvalue weighted by Gasteiger charge is 2.34. The molecule has 1 fully saturated rings. The number of likely N-dealkylation sites (tertiary alicyclic amines) is 1. The van der Waals surface area contributed by atoms with Gasteiger partial charge in [0, 0.05) is 25.7 Å². The molecule has 1 aromatic heterocycles. The highest BCUT2D eigenvalue weighted by molar-refractivity contribution is 5.96. The summed E-state index contributed by atoms with van der Waals surface area (Å²) in [7, 11) is 1.82. The van der Waals surface area contributed by atoms with Gasteiger partial charge in [-0.15, -0.1) is 0 Å². The number of aryl methyl sites for hydroxylation is 1. The second kappa shape index (κ2) is 7.45. The van der Waals surface area contributed by atoms with Gasteiger partial charge in [-0.2, -0.15) is 5.10 Å². The van der Waals surface area contributed by atoms with Gasteiger partial charge in [0.15, 0.2) is 0 Å². The number of hydrogen-bond donors (Lipinski definition) is 2. The van der Waals surface area contributed by atoms with Crippen LogP contribution in [0, 0.1) is 5.41 Å². The second-order valence-electron chi connectivity index (χ2n) is 8.33. The van der Waals surface area contributed by atoms with Crippen LogP contribution in [-0.4, -0.2) is 45.2 Å². The fraction of sp³-hybridized carbons (Fsp3) is 0.722. The minimum Gasteiger partial charge on any atom is -0.336 e. The zero-order chi connectivity index (χ0) is 18.8. The maximum absolute atomic E-state index is 12.7. The van der Waals surface area contributed by atoms with Gasteiger partial charge < -0.3 is 15.5 Å². The number of rotatable bonds is 4. The maximum Gasteiger partial charge on any atom is 0.318 e. The lowest BCUT2D eigenvalue weighted by atomic mass is 9.91. The van der Waals surface area contributed by atoms with Crippen LogP contribution in [0.3, 0.4) is 0 Å². The van der Waals surface area contributed by atoms with Gasteiger partial charge in [0.1, 0.15) is 11.9 Å². The van der Waals surface area contributed by atoms with Crippen molar-refractivity contribution in [3.8, 4) is 0 Å². The summed E-state index contributed by atoms with van der Waals surface area (Å²) in [4.78, 5) is 26.6. The fourth-order valence-electron chi connectivity index (χ4n) is 3.10. The molecule has 0 radical (unpaired) electrons. The van der Waals surface area contributed by atoms with Crippen LogP contribution in [0.15, 0.2) is 6.07 Å². The molecule has 1 aliphatic rings. The SMILES string of the molecule is CC(C)NC(=O)N1CCC[C@H]1C(=O)Nc1cc(CC(C)(C)C)nn1C. The smallest absolute Gasteiger partial charge is 0.318 e. The largest absolute Gasteiger partial charge is 0.336 e. The monoisotopic (exact) mass is 349 g/mol. The lowest BCUT2D eigenvalue weighted by molar-refractivity contribution is -0.119. The average Bonchev–Trinajstić information content (AvgIpc) is 3.03. The Labute approximate surface area is 150 Å². The van der Waals surface area contributed by atoms with Crippen LogP contribution in [0.25, 0.3) is 0 Å². The van der Waals surface area contributed by atoms with Crippen molar-refractivity contribution in [1.82, 2.24) is 20.0 Å².